The zero-order valence-corrected chi connectivity index (χ0v) is 12.3. The summed E-state index contributed by atoms with van der Waals surface area (Å²) in [5.74, 6) is 2.90. The van der Waals surface area contributed by atoms with Crippen LogP contribution in [-0.2, 0) is 5.75 Å². The number of hydrogen-bond donors (Lipinski definition) is 0. The number of ketones is 1. The third-order valence-electron chi connectivity index (χ3n) is 2.63. The van der Waals surface area contributed by atoms with Gasteiger partial charge in [0.25, 0.3) is 0 Å². The van der Waals surface area contributed by atoms with Gasteiger partial charge in [-0.25, -0.2) is 0 Å². The van der Waals surface area contributed by atoms with Crippen molar-refractivity contribution in [3.05, 3.63) is 29.3 Å². The van der Waals surface area contributed by atoms with E-state index >= 15 is 0 Å². The van der Waals surface area contributed by atoms with Gasteiger partial charge in [-0.2, -0.15) is 11.8 Å². The molecule has 1 aromatic carbocycles. The van der Waals surface area contributed by atoms with Crippen molar-refractivity contribution in [1.82, 2.24) is 4.90 Å². The van der Waals surface area contributed by atoms with Gasteiger partial charge in [-0.1, -0.05) is 0 Å². The predicted molar refractivity (Wildman–Crippen MR) is 77.7 cm³/mol. The van der Waals surface area contributed by atoms with Crippen LogP contribution in [0.15, 0.2) is 18.2 Å². The van der Waals surface area contributed by atoms with Crippen LogP contribution in [0.1, 0.15) is 22.8 Å². The van der Waals surface area contributed by atoms with Crippen LogP contribution in [0.25, 0.3) is 0 Å². The van der Waals surface area contributed by atoms with Gasteiger partial charge in [0.05, 0.1) is 7.11 Å². The van der Waals surface area contributed by atoms with E-state index in [0.717, 1.165) is 34.9 Å². The maximum Gasteiger partial charge on any atom is 0.159 e. The summed E-state index contributed by atoms with van der Waals surface area (Å²) in [6.45, 7) is 2.64. The van der Waals surface area contributed by atoms with Crippen LogP contribution in [0.3, 0.4) is 0 Å². The number of carbonyl (C=O) groups is 1. The Morgan fingerprint density at radius 2 is 2.11 bits per heavy atom. The first kappa shape index (κ1) is 15.1. The number of benzene rings is 1. The average molecular weight is 267 g/mol. The van der Waals surface area contributed by atoms with Gasteiger partial charge >= 0.3 is 0 Å². The molecule has 3 nitrogen and oxygen atoms in total. The molecular weight excluding hydrogens is 246 g/mol. The Bertz CT molecular complexity index is 405. The van der Waals surface area contributed by atoms with Gasteiger partial charge in [0.15, 0.2) is 5.78 Å². The van der Waals surface area contributed by atoms with E-state index in [-0.39, 0.29) is 5.78 Å². The van der Waals surface area contributed by atoms with Crippen LogP contribution in [-0.4, -0.2) is 44.2 Å². The summed E-state index contributed by atoms with van der Waals surface area (Å²) in [6, 6.07) is 5.62. The van der Waals surface area contributed by atoms with Crippen LogP contribution in [0.5, 0.6) is 5.75 Å². The highest BCUT2D eigenvalue weighted by Gasteiger charge is 2.07. The molecule has 0 saturated carbocycles. The summed E-state index contributed by atoms with van der Waals surface area (Å²) in [4.78, 5) is 13.5. The van der Waals surface area contributed by atoms with Crippen molar-refractivity contribution in [2.75, 3.05) is 33.5 Å². The summed E-state index contributed by atoms with van der Waals surface area (Å²) < 4.78 is 5.32. The van der Waals surface area contributed by atoms with Gasteiger partial charge in [0.1, 0.15) is 5.75 Å². The lowest BCUT2D eigenvalue weighted by Gasteiger charge is -2.11. The summed E-state index contributed by atoms with van der Waals surface area (Å²) >= 11 is 1.85. The van der Waals surface area contributed by atoms with Crippen LogP contribution >= 0.6 is 11.8 Å². The molecule has 0 bridgehead atoms. The van der Waals surface area contributed by atoms with Crippen molar-refractivity contribution in [3.8, 4) is 5.75 Å². The van der Waals surface area contributed by atoms with E-state index in [1.54, 1.807) is 14.0 Å². The number of ether oxygens (including phenoxy) is 1. The van der Waals surface area contributed by atoms with Crippen LogP contribution in [0.2, 0.25) is 0 Å². The molecule has 0 fully saturated rings. The fraction of sp³-hybridized carbons (Fsp3) is 0.500. The SMILES string of the molecule is COc1ccc(C(C)=O)cc1CSCCN(C)C. The molecule has 1 rings (SSSR count). The molecule has 0 aliphatic heterocycles. The molecule has 0 aliphatic rings. The van der Waals surface area contributed by atoms with Gasteiger partial charge in [0.2, 0.25) is 0 Å². The first-order chi connectivity index (χ1) is 8.54. The molecule has 0 aliphatic carbocycles. The Labute approximate surface area is 114 Å². The second-order valence-electron chi connectivity index (χ2n) is 4.44. The van der Waals surface area contributed by atoms with Crippen molar-refractivity contribution < 1.29 is 9.53 Å². The number of hydrogen-bond acceptors (Lipinski definition) is 4. The molecule has 0 atom stereocenters. The molecule has 1 aromatic rings. The lowest BCUT2D eigenvalue weighted by molar-refractivity contribution is 0.101. The predicted octanol–water partition coefficient (Wildman–Crippen LogP) is 2.69. The highest BCUT2D eigenvalue weighted by molar-refractivity contribution is 7.98. The minimum absolute atomic E-state index is 0.0946. The maximum absolute atomic E-state index is 11.4. The lowest BCUT2D eigenvalue weighted by Crippen LogP contribution is -2.14. The molecule has 0 spiro atoms. The first-order valence-electron chi connectivity index (χ1n) is 5.95. The lowest BCUT2D eigenvalue weighted by atomic mass is 10.1. The Kier molecular flexibility index (Phi) is 6.22. The van der Waals surface area contributed by atoms with Crippen molar-refractivity contribution in [2.45, 2.75) is 12.7 Å². The number of nitrogens with zero attached hydrogens (tertiary/aromatic N) is 1. The quantitative estimate of drug-likeness (QED) is 0.561. The van der Waals surface area contributed by atoms with Crippen molar-refractivity contribution in [2.24, 2.45) is 0 Å². The molecule has 0 radical (unpaired) electrons. The Morgan fingerprint density at radius 1 is 1.39 bits per heavy atom. The van der Waals surface area contributed by atoms with Gasteiger partial charge in [-0.15, -0.1) is 0 Å². The molecule has 0 N–H and O–H groups in total. The maximum atomic E-state index is 11.4. The van der Waals surface area contributed by atoms with Gasteiger partial charge in [0, 0.05) is 29.2 Å². The summed E-state index contributed by atoms with van der Waals surface area (Å²) in [7, 11) is 5.80. The molecule has 0 amide bonds. The van der Waals surface area contributed by atoms with Gasteiger partial charge in [-0.3, -0.25) is 4.79 Å². The van der Waals surface area contributed by atoms with E-state index < -0.39 is 0 Å². The minimum atomic E-state index is 0.0946. The monoisotopic (exact) mass is 267 g/mol. The fourth-order valence-corrected chi connectivity index (χ4v) is 2.62. The van der Waals surface area contributed by atoms with E-state index in [1.165, 1.54) is 0 Å². The number of carbonyl (C=O) groups excluding carboxylic acids is 1. The summed E-state index contributed by atoms with van der Waals surface area (Å²) in [6.07, 6.45) is 0. The van der Waals surface area contributed by atoms with Gasteiger partial charge in [-0.05, 0) is 39.2 Å². The summed E-state index contributed by atoms with van der Waals surface area (Å²) in [5, 5.41) is 0. The first-order valence-corrected chi connectivity index (χ1v) is 7.10. The standard InChI is InChI=1S/C14H21NO2S/c1-11(16)12-5-6-14(17-4)13(9-12)10-18-8-7-15(2)3/h5-6,9H,7-8,10H2,1-4H3. The molecule has 4 heteroatoms. The normalized spacial score (nSPS) is 10.7. The largest absolute Gasteiger partial charge is 0.496 e. The molecule has 0 unspecified atom stereocenters. The number of rotatable bonds is 7. The van der Waals surface area contributed by atoms with Crippen molar-refractivity contribution >= 4 is 17.5 Å². The average Bonchev–Trinajstić information content (AvgIpc) is 2.34. The highest BCUT2D eigenvalue weighted by Crippen LogP contribution is 2.24. The Morgan fingerprint density at radius 3 is 2.67 bits per heavy atom. The van der Waals surface area contributed by atoms with Crippen molar-refractivity contribution in [3.63, 3.8) is 0 Å². The fourth-order valence-electron chi connectivity index (χ4n) is 1.54. The van der Waals surface area contributed by atoms with Crippen LogP contribution in [0.4, 0.5) is 0 Å². The second-order valence-corrected chi connectivity index (χ2v) is 5.54. The third-order valence-corrected chi connectivity index (χ3v) is 3.61. The zero-order valence-electron chi connectivity index (χ0n) is 11.5. The summed E-state index contributed by atoms with van der Waals surface area (Å²) in [5.41, 5.74) is 1.84. The number of methoxy groups -OCH3 is 1. The smallest absolute Gasteiger partial charge is 0.159 e. The molecule has 0 aromatic heterocycles. The molecule has 0 heterocycles. The second kappa shape index (κ2) is 7.44. The van der Waals surface area contributed by atoms with Crippen LogP contribution in [0, 0.1) is 0 Å². The minimum Gasteiger partial charge on any atom is -0.496 e. The molecule has 18 heavy (non-hydrogen) atoms. The van der Waals surface area contributed by atoms with E-state index in [1.807, 2.05) is 30.0 Å². The molecule has 0 saturated heterocycles. The molecular formula is C14H21NO2S. The topological polar surface area (TPSA) is 29.5 Å². The Hall–Kier alpha value is -1.00. The Balaban J connectivity index is 2.66. The third kappa shape index (κ3) is 4.70. The van der Waals surface area contributed by atoms with E-state index in [9.17, 15) is 4.79 Å². The zero-order chi connectivity index (χ0) is 13.5. The van der Waals surface area contributed by atoms with E-state index in [0.29, 0.717) is 0 Å². The van der Waals surface area contributed by atoms with Crippen LogP contribution < -0.4 is 4.74 Å². The van der Waals surface area contributed by atoms with Crippen molar-refractivity contribution in [1.29, 1.82) is 0 Å². The number of thioether (sulfide) groups is 1. The van der Waals surface area contributed by atoms with E-state index in [4.69, 9.17) is 4.74 Å². The highest BCUT2D eigenvalue weighted by atomic mass is 32.2. The number of Topliss-reactive ketones (excluding diaryl/α,β-unsaturated/α-hetero) is 1. The molecule has 100 valence electrons. The van der Waals surface area contributed by atoms with E-state index in [2.05, 4.69) is 19.0 Å². The van der Waals surface area contributed by atoms with Gasteiger partial charge < -0.3 is 9.64 Å².